The first-order valence-electron chi connectivity index (χ1n) is 8.87. The summed E-state index contributed by atoms with van der Waals surface area (Å²) in [7, 11) is 0. The van der Waals surface area contributed by atoms with Gasteiger partial charge in [0.2, 0.25) is 0 Å². The predicted octanol–water partition coefficient (Wildman–Crippen LogP) is 3.63. The molecule has 0 bridgehead atoms. The van der Waals surface area contributed by atoms with Gasteiger partial charge < -0.3 is 20.4 Å². The van der Waals surface area contributed by atoms with Crippen LogP contribution in [0.5, 0.6) is 0 Å². The van der Waals surface area contributed by atoms with E-state index in [0.29, 0.717) is 13.0 Å². The summed E-state index contributed by atoms with van der Waals surface area (Å²) in [6.45, 7) is 0.742. The van der Waals surface area contributed by atoms with Crippen LogP contribution in [-0.4, -0.2) is 36.0 Å². The van der Waals surface area contributed by atoms with Crippen molar-refractivity contribution in [2.75, 3.05) is 13.1 Å². The van der Waals surface area contributed by atoms with Crippen molar-refractivity contribution in [1.29, 1.82) is 0 Å². The van der Waals surface area contributed by atoms with E-state index in [0.717, 1.165) is 25.0 Å². The lowest BCUT2D eigenvalue weighted by Gasteiger charge is -2.35. The summed E-state index contributed by atoms with van der Waals surface area (Å²) >= 11 is 0. The zero-order chi connectivity index (χ0) is 20.3. The van der Waals surface area contributed by atoms with Gasteiger partial charge in [0.1, 0.15) is 5.76 Å². The second-order valence-corrected chi connectivity index (χ2v) is 6.64. The number of rotatable bonds is 4. The van der Waals surface area contributed by atoms with E-state index in [9.17, 15) is 22.8 Å². The molecular weight excluding hydrogens is 375 g/mol. The van der Waals surface area contributed by atoms with Gasteiger partial charge in [0.15, 0.2) is 5.76 Å². The molecule has 1 aliphatic rings. The lowest BCUT2D eigenvalue weighted by molar-refractivity contribution is -0.137. The summed E-state index contributed by atoms with van der Waals surface area (Å²) in [6.07, 6.45) is -2.01. The SMILES string of the molecule is NC(=O)NC[C@@H]1CCCCN1C(=O)c1ccc(-c2cccc(C(F)(F)F)c2)o1. The van der Waals surface area contributed by atoms with Gasteiger partial charge >= 0.3 is 12.2 Å². The Bertz CT molecular complexity index is 863. The molecule has 2 heterocycles. The number of nitrogens with one attached hydrogen (secondary N) is 1. The molecule has 1 fully saturated rings. The van der Waals surface area contributed by atoms with E-state index < -0.39 is 17.8 Å². The Balaban J connectivity index is 1.79. The highest BCUT2D eigenvalue weighted by molar-refractivity contribution is 5.92. The quantitative estimate of drug-likeness (QED) is 0.829. The maximum Gasteiger partial charge on any atom is 0.416 e. The van der Waals surface area contributed by atoms with Gasteiger partial charge in [0, 0.05) is 24.7 Å². The van der Waals surface area contributed by atoms with E-state index >= 15 is 0 Å². The molecule has 28 heavy (non-hydrogen) atoms. The highest BCUT2D eigenvalue weighted by atomic mass is 19.4. The van der Waals surface area contributed by atoms with Gasteiger partial charge in [-0.1, -0.05) is 12.1 Å². The van der Waals surface area contributed by atoms with E-state index in [1.165, 1.54) is 24.3 Å². The van der Waals surface area contributed by atoms with Crippen LogP contribution in [-0.2, 0) is 6.18 Å². The largest absolute Gasteiger partial charge is 0.451 e. The molecule has 0 unspecified atom stereocenters. The minimum absolute atomic E-state index is 0.0402. The number of likely N-dealkylation sites (tertiary alicyclic amines) is 1. The lowest BCUT2D eigenvalue weighted by Crippen LogP contribution is -2.50. The standard InChI is InChI=1S/C19H20F3N3O3/c20-19(21,22)13-5-3-4-12(10-13)15-7-8-16(28-15)17(26)25-9-2-1-6-14(25)11-24-18(23)27/h3-5,7-8,10,14H,1-2,6,9,11H2,(H3,23,24,27)/t14-/m0/s1. The predicted molar refractivity (Wildman–Crippen MR) is 95.4 cm³/mol. The fraction of sp³-hybridized carbons (Fsp3) is 0.368. The van der Waals surface area contributed by atoms with Gasteiger partial charge in [-0.2, -0.15) is 13.2 Å². The first kappa shape index (κ1) is 19.8. The Morgan fingerprint density at radius 2 is 2.00 bits per heavy atom. The summed E-state index contributed by atoms with van der Waals surface area (Å²) in [5, 5.41) is 2.51. The minimum atomic E-state index is -4.46. The van der Waals surface area contributed by atoms with Gasteiger partial charge in [0.25, 0.3) is 5.91 Å². The number of benzene rings is 1. The number of alkyl halides is 3. The topological polar surface area (TPSA) is 88.6 Å². The van der Waals surface area contributed by atoms with E-state index in [1.54, 1.807) is 4.90 Å². The number of furan rings is 1. The highest BCUT2D eigenvalue weighted by Crippen LogP contribution is 2.33. The molecule has 1 atom stereocenters. The normalized spacial score (nSPS) is 17.4. The van der Waals surface area contributed by atoms with Crippen LogP contribution in [0.25, 0.3) is 11.3 Å². The van der Waals surface area contributed by atoms with Crippen LogP contribution >= 0.6 is 0 Å². The number of nitrogens with zero attached hydrogens (tertiary/aromatic N) is 1. The molecule has 1 aromatic carbocycles. The molecule has 0 radical (unpaired) electrons. The first-order valence-corrected chi connectivity index (χ1v) is 8.87. The van der Waals surface area contributed by atoms with Crippen LogP contribution in [0.2, 0.25) is 0 Å². The fourth-order valence-electron chi connectivity index (χ4n) is 3.30. The molecule has 0 aliphatic carbocycles. The van der Waals surface area contributed by atoms with E-state index in [2.05, 4.69) is 5.32 Å². The number of carbonyl (C=O) groups is 2. The molecule has 1 aromatic heterocycles. The van der Waals surface area contributed by atoms with Crippen LogP contribution in [0.15, 0.2) is 40.8 Å². The van der Waals surface area contributed by atoms with Crippen molar-refractivity contribution in [2.45, 2.75) is 31.5 Å². The molecule has 3 N–H and O–H groups in total. The van der Waals surface area contributed by atoms with Crippen molar-refractivity contribution in [2.24, 2.45) is 5.73 Å². The minimum Gasteiger partial charge on any atom is -0.451 e. The zero-order valence-corrected chi connectivity index (χ0v) is 15.0. The van der Waals surface area contributed by atoms with Crippen molar-refractivity contribution in [3.63, 3.8) is 0 Å². The number of primary amides is 1. The molecule has 1 aliphatic heterocycles. The Morgan fingerprint density at radius 3 is 2.71 bits per heavy atom. The number of hydrogen-bond acceptors (Lipinski definition) is 3. The Labute approximate surface area is 159 Å². The molecule has 0 spiro atoms. The van der Waals surface area contributed by atoms with E-state index in [4.69, 9.17) is 10.2 Å². The molecule has 3 amide bonds. The summed E-state index contributed by atoms with van der Waals surface area (Å²) in [4.78, 5) is 25.4. The number of urea groups is 1. The smallest absolute Gasteiger partial charge is 0.416 e. The average Bonchev–Trinajstić information content (AvgIpc) is 3.16. The van der Waals surface area contributed by atoms with E-state index in [-0.39, 0.29) is 35.6 Å². The number of hydrogen-bond donors (Lipinski definition) is 2. The number of nitrogens with two attached hydrogens (primary N) is 1. The average molecular weight is 395 g/mol. The van der Waals surface area contributed by atoms with Gasteiger partial charge in [-0.25, -0.2) is 4.79 Å². The zero-order valence-electron chi connectivity index (χ0n) is 15.0. The molecule has 1 saturated heterocycles. The molecular formula is C19H20F3N3O3. The third-order valence-electron chi connectivity index (χ3n) is 4.69. The van der Waals surface area contributed by atoms with Crippen LogP contribution in [0.1, 0.15) is 35.4 Å². The lowest BCUT2D eigenvalue weighted by atomic mass is 10.0. The van der Waals surface area contributed by atoms with Gasteiger partial charge in [-0.3, -0.25) is 4.79 Å². The van der Waals surface area contributed by atoms with Gasteiger partial charge in [-0.05, 0) is 43.5 Å². The maximum absolute atomic E-state index is 12.9. The summed E-state index contributed by atoms with van der Waals surface area (Å²) in [5.41, 5.74) is 4.55. The van der Waals surface area contributed by atoms with Crippen LogP contribution < -0.4 is 11.1 Å². The number of amides is 3. The van der Waals surface area contributed by atoms with Gasteiger partial charge in [-0.15, -0.1) is 0 Å². The number of carbonyl (C=O) groups excluding carboxylic acids is 2. The van der Waals surface area contributed by atoms with E-state index in [1.807, 2.05) is 0 Å². The highest BCUT2D eigenvalue weighted by Gasteiger charge is 2.31. The van der Waals surface area contributed by atoms with Crippen LogP contribution in [0, 0.1) is 0 Å². The van der Waals surface area contributed by atoms with Crippen molar-refractivity contribution in [1.82, 2.24) is 10.2 Å². The summed E-state index contributed by atoms with van der Waals surface area (Å²) in [5.74, 6) is -0.147. The third-order valence-corrected chi connectivity index (χ3v) is 4.69. The monoisotopic (exact) mass is 395 g/mol. The van der Waals surface area contributed by atoms with Gasteiger partial charge in [0.05, 0.1) is 5.56 Å². The Kier molecular flexibility index (Phi) is 5.62. The Morgan fingerprint density at radius 1 is 1.21 bits per heavy atom. The maximum atomic E-state index is 12.9. The summed E-state index contributed by atoms with van der Waals surface area (Å²) < 4.78 is 44.3. The molecule has 3 rings (SSSR count). The first-order chi connectivity index (χ1) is 13.3. The summed E-state index contributed by atoms with van der Waals surface area (Å²) in [6, 6.07) is 6.78. The van der Waals surface area contributed by atoms with Crippen LogP contribution in [0.3, 0.4) is 0 Å². The van der Waals surface area contributed by atoms with Crippen LogP contribution in [0.4, 0.5) is 18.0 Å². The van der Waals surface area contributed by atoms with Crippen molar-refractivity contribution < 1.29 is 27.2 Å². The second kappa shape index (κ2) is 7.95. The fourth-order valence-corrected chi connectivity index (χ4v) is 3.30. The second-order valence-electron chi connectivity index (χ2n) is 6.64. The molecule has 150 valence electrons. The molecule has 2 aromatic rings. The number of piperidine rings is 1. The van der Waals surface area contributed by atoms with Crippen molar-refractivity contribution >= 4 is 11.9 Å². The number of halogens is 3. The molecule has 6 nitrogen and oxygen atoms in total. The third kappa shape index (κ3) is 4.47. The van der Waals surface area contributed by atoms with Crippen molar-refractivity contribution in [3.05, 3.63) is 47.7 Å². The molecule has 9 heteroatoms. The molecule has 0 saturated carbocycles. The van der Waals surface area contributed by atoms with Crippen molar-refractivity contribution in [3.8, 4) is 11.3 Å². The Hall–Kier alpha value is -2.97.